The van der Waals surface area contributed by atoms with Gasteiger partial charge in [-0.25, -0.2) is 4.98 Å². The number of carbonyl (C=O) groups excluding carboxylic acids is 1. The average Bonchev–Trinajstić information content (AvgIpc) is 3.17. The molecule has 1 unspecified atom stereocenters. The summed E-state index contributed by atoms with van der Waals surface area (Å²) in [5.74, 6) is 1.71. The predicted molar refractivity (Wildman–Crippen MR) is 107 cm³/mol. The largest absolute Gasteiger partial charge is 0.349 e. The molecule has 2 N–H and O–H groups in total. The second-order valence-electron chi connectivity index (χ2n) is 6.65. The molecular weight excluding hydrogens is 359 g/mol. The summed E-state index contributed by atoms with van der Waals surface area (Å²) in [5, 5.41) is 6.38. The van der Waals surface area contributed by atoms with Gasteiger partial charge in [0.05, 0.1) is 17.6 Å². The first-order valence-corrected chi connectivity index (χ1v) is 8.58. The number of hydrogen-bond acceptors (Lipinski definition) is 3. The number of amides is 1. The fourth-order valence-corrected chi connectivity index (χ4v) is 3.36. The lowest BCUT2D eigenvalue weighted by Gasteiger charge is -2.14. The van der Waals surface area contributed by atoms with Crippen LogP contribution in [0.1, 0.15) is 45.0 Å². The van der Waals surface area contributed by atoms with E-state index < -0.39 is 0 Å². The zero-order valence-corrected chi connectivity index (χ0v) is 16.5. The Hall–Kier alpha value is -1.30. The SMILES string of the molecule is CC(C)n1c(CNC(=O)CCC2CCNC2)nc2ccccc21.Cl.Cl. The minimum Gasteiger partial charge on any atom is -0.349 e. The van der Waals surface area contributed by atoms with Crippen LogP contribution in [0.2, 0.25) is 0 Å². The molecular formula is C18H28Cl2N4O. The molecule has 0 spiro atoms. The first-order valence-electron chi connectivity index (χ1n) is 8.58. The van der Waals surface area contributed by atoms with E-state index in [2.05, 4.69) is 40.1 Å². The van der Waals surface area contributed by atoms with Crippen molar-refractivity contribution in [2.75, 3.05) is 13.1 Å². The van der Waals surface area contributed by atoms with E-state index in [-0.39, 0.29) is 30.7 Å². The summed E-state index contributed by atoms with van der Waals surface area (Å²) in [6, 6.07) is 8.45. The monoisotopic (exact) mass is 386 g/mol. The summed E-state index contributed by atoms with van der Waals surface area (Å²) in [6.07, 6.45) is 2.77. The topological polar surface area (TPSA) is 59.0 Å². The quantitative estimate of drug-likeness (QED) is 0.798. The van der Waals surface area contributed by atoms with Gasteiger partial charge in [0.25, 0.3) is 0 Å². The van der Waals surface area contributed by atoms with Crippen molar-refractivity contribution in [1.82, 2.24) is 20.2 Å². The van der Waals surface area contributed by atoms with Crippen LogP contribution in [0.5, 0.6) is 0 Å². The van der Waals surface area contributed by atoms with E-state index in [1.807, 2.05) is 18.2 Å². The summed E-state index contributed by atoms with van der Waals surface area (Å²) in [5.41, 5.74) is 2.12. The summed E-state index contributed by atoms with van der Waals surface area (Å²) in [7, 11) is 0. The number of carbonyl (C=O) groups is 1. The number of benzene rings is 1. The van der Waals surface area contributed by atoms with E-state index >= 15 is 0 Å². The fourth-order valence-electron chi connectivity index (χ4n) is 3.36. The van der Waals surface area contributed by atoms with Gasteiger partial charge >= 0.3 is 0 Å². The van der Waals surface area contributed by atoms with Gasteiger partial charge in [-0.15, -0.1) is 24.8 Å². The fraction of sp³-hybridized carbons (Fsp3) is 0.556. The molecule has 5 nitrogen and oxygen atoms in total. The molecule has 0 radical (unpaired) electrons. The molecule has 140 valence electrons. The summed E-state index contributed by atoms with van der Waals surface area (Å²) in [6.45, 7) is 6.93. The van der Waals surface area contributed by atoms with E-state index in [4.69, 9.17) is 0 Å². The van der Waals surface area contributed by atoms with Gasteiger partial charge in [0.2, 0.25) is 5.91 Å². The summed E-state index contributed by atoms with van der Waals surface area (Å²) in [4.78, 5) is 16.8. The van der Waals surface area contributed by atoms with Crippen molar-refractivity contribution < 1.29 is 4.79 Å². The molecule has 3 rings (SSSR count). The van der Waals surface area contributed by atoms with Crippen molar-refractivity contribution in [2.45, 2.75) is 45.7 Å². The Bertz CT molecular complexity index is 681. The Labute approximate surface area is 161 Å². The second-order valence-corrected chi connectivity index (χ2v) is 6.65. The van der Waals surface area contributed by atoms with E-state index in [1.54, 1.807) is 0 Å². The van der Waals surface area contributed by atoms with Crippen LogP contribution in [0, 0.1) is 5.92 Å². The van der Waals surface area contributed by atoms with Crippen LogP contribution in [0.15, 0.2) is 24.3 Å². The Morgan fingerprint density at radius 1 is 1.36 bits per heavy atom. The Morgan fingerprint density at radius 3 is 2.80 bits per heavy atom. The highest BCUT2D eigenvalue weighted by atomic mass is 35.5. The van der Waals surface area contributed by atoms with Crippen molar-refractivity contribution in [3.63, 3.8) is 0 Å². The number of fused-ring (bicyclic) bond motifs is 1. The molecule has 1 amide bonds. The minimum absolute atomic E-state index is 0. The third-order valence-electron chi connectivity index (χ3n) is 4.57. The number of nitrogens with one attached hydrogen (secondary N) is 2. The molecule has 1 aromatic heterocycles. The normalized spacial score (nSPS) is 16.5. The van der Waals surface area contributed by atoms with Crippen LogP contribution in [0.4, 0.5) is 0 Å². The summed E-state index contributed by atoms with van der Waals surface area (Å²) >= 11 is 0. The van der Waals surface area contributed by atoms with E-state index in [9.17, 15) is 4.79 Å². The molecule has 0 saturated carbocycles. The highest BCUT2D eigenvalue weighted by molar-refractivity contribution is 5.85. The van der Waals surface area contributed by atoms with Gasteiger partial charge in [0, 0.05) is 12.5 Å². The molecule has 1 fully saturated rings. The zero-order valence-electron chi connectivity index (χ0n) is 14.8. The van der Waals surface area contributed by atoms with Gasteiger partial charge in [-0.05, 0) is 57.8 Å². The molecule has 1 atom stereocenters. The smallest absolute Gasteiger partial charge is 0.220 e. The maximum Gasteiger partial charge on any atom is 0.220 e. The zero-order chi connectivity index (χ0) is 16.2. The predicted octanol–water partition coefficient (Wildman–Crippen LogP) is 3.47. The highest BCUT2D eigenvalue weighted by Crippen LogP contribution is 2.21. The molecule has 2 aromatic rings. The Morgan fingerprint density at radius 2 is 2.12 bits per heavy atom. The van der Waals surface area contributed by atoms with Crippen molar-refractivity contribution in [1.29, 1.82) is 0 Å². The van der Waals surface area contributed by atoms with Crippen molar-refractivity contribution in [2.24, 2.45) is 5.92 Å². The lowest BCUT2D eigenvalue weighted by Crippen LogP contribution is -2.25. The molecule has 0 bridgehead atoms. The molecule has 2 heterocycles. The first kappa shape index (κ1) is 21.7. The lowest BCUT2D eigenvalue weighted by molar-refractivity contribution is -0.121. The van der Waals surface area contributed by atoms with E-state index in [0.717, 1.165) is 36.4 Å². The van der Waals surface area contributed by atoms with Gasteiger partial charge in [-0.1, -0.05) is 12.1 Å². The Kier molecular flexibility index (Phi) is 8.69. The number of imidazole rings is 1. The molecule has 1 saturated heterocycles. The van der Waals surface area contributed by atoms with Gasteiger partial charge < -0.3 is 15.2 Å². The Balaban J connectivity index is 0.00000156. The summed E-state index contributed by atoms with van der Waals surface area (Å²) < 4.78 is 2.20. The maximum atomic E-state index is 12.1. The molecule has 0 aliphatic carbocycles. The number of nitrogens with zero attached hydrogens (tertiary/aromatic N) is 2. The first-order chi connectivity index (χ1) is 11.1. The van der Waals surface area contributed by atoms with Crippen LogP contribution >= 0.6 is 24.8 Å². The number of halogens is 2. The highest BCUT2D eigenvalue weighted by Gasteiger charge is 2.17. The van der Waals surface area contributed by atoms with Crippen molar-refractivity contribution in [3.8, 4) is 0 Å². The number of para-hydroxylation sites is 2. The van der Waals surface area contributed by atoms with Crippen LogP contribution in [0.25, 0.3) is 11.0 Å². The third-order valence-corrected chi connectivity index (χ3v) is 4.57. The van der Waals surface area contributed by atoms with Gasteiger partial charge in [-0.2, -0.15) is 0 Å². The molecule has 1 aliphatic heterocycles. The van der Waals surface area contributed by atoms with Crippen LogP contribution in [0.3, 0.4) is 0 Å². The van der Waals surface area contributed by atoms with Crippen LogP contribution in [-0.2, 0) is 11.3 Å². The van der Waals surface area contributed by atoms with E-state index in [0.29, 0.717) is 24.9 Å². The van der Waals surface area contributed by atoms with Crippen LogP contribution < -0.4 is 10.6 Å². The standard InChI is InChI=1S/C18H26N4O.2ClH/c1-13(2)22-16-6-4-3-5-15(16)21-17(22)12-20-18(23)8-7-14-9-10-19-11-14;;/h3-6,13-14,19H,7-12H2,1-2H3,(H,20,23);2*1H. The van der Waals surface area contributed by atoms with Gasteiger partial charge in [0.15, 0.2) is 0 Å². The van der Waals surface area contributed by atoms with Crippen molar-refractivity contribution >= 4 is 41.8 Å². The number of rotatable bonds is 6. The minimum atomic E-state index is 0. The number of hydrogen-bond donors (Lipinski definition) is 2. The third kappa shape index (κ3) is 5.33. The molecule has 1 aliphatic rings. The lowest BCUT2D eigenvalue weighted by atomic mass is 10.0. The molecule has 25 heavy (non-hydrogen) atoms. The molecule has 7 heteroatoms. The van der Waals surface area contributed by atoms with Gasteiger partial charge in [0.1, 0.15) is 5.82 Å². The van der Waals surface area contributed by atoms with E-state index in [1.165, 1.54) is 6.42 Å². The van der Waals surface area contributed by atoms with Crippen molar-refractivity contribution in [3.05, 3.63) is 30.1 Å². The average molecular weight is 387 g/mol. The number of aromatic nitrogens is 2. The van der Waals surface area contributed by atoms with Gasteiger partial charge in [-0.3, -0.25) is 4.79 Å². The maximum absolute atomic E-state index is 12.1. The second kappa shape index (κ2) is 10.00. The van der Waals surface area contributed by atoms with Crippen LogP contribution in [-0.4, -0.2) is 28.5 Å². The molecule has 1 aromatic carbocycles.